The van der Waals surface area contributed by atoms with E-state index in [0.717, 1.165) is 18.5 Å². The van der Waals surface area contributed by atoms with Gasteiger partial charge in [-0.1, -0.05) is 0 Å². The van der Waals surface area contributed by atoms with Gasteiger partial charge in [-0.15, -0.1) is 0 Å². The van der Waals surface area contributed by atoms with Crippen molar-refractivity contribution in [1.29, 1.82) is 0 Å². The van der Waals surface area contributed by atoms with Gasteiger partial charge in [-0.2, -0.15) is 13.2 Å². The first-order valence-corrected chi connectivity index (χ1v) is 8.22. The number of carboxylic acid groups (broad SMARTS) is 1. The Morgan fingerprint density at radius 2 is 2.19 bits per heavy atom. The van der Waals surface area contributed by atoms with Crippen molar-refractivity contribution < 1.29 is 27.8 Å². The highest BCUT2D eigenvalue weighted by molar-refractivity contribution is 5.85. The molecule has 2 aromatic heterocycles. The molecular formula is C17H17F3N4O3. The van der Waals surface area contributed by atoms with Crippen molar-refractivity contribution in [2.75, 3.05) is 24.6 Å². The van der Waals surface area contributed by atoms with Crippen molar-refractivity contribution in [2.24, 2.45) is 5.92 Å². The molecule has 1 atom stereocenters. The first kappa shape index (κ1) is 18.9. The van der Waals surface area contributed by atoms with E-state index < -0.39 is 17.7 Å². The molecular weight excluding hydrogens is 365 g/mol. The van der Waals surface area contributed by atoms with Gasteiger partial charge in [0.25, 0.3) is 0 Å². The minimum absolute atomic E-state index is 0.0383. The molecule has 1 fully saturated rings. The van der Waals surface area contributed by atoms with E-state index in [0.29, 0.717) is 31.2 Å². The van der Waals surface area contributed by atoms with Gasteiger partial charge in [0.1, 0.15) is 11.3 Å². The Hall–Kier alpha value is -2.91. The molecule has 1 saturated heterocycles. The van der Waals surface area contributed by atoms with Crippen LogP contribution in [0.25, 0.3) is 0 Å². The van der Waals surface area contributed by atoms with Crippen LogP contribution in [0.5, 0.6) is 5.75 Å². The summed E-state index contributed by atoms with van der Waals surface area (Å²) in [4.78, 5) is 24.9. The number of pyridine rings is 1. The summed E-state index contributed by atoms with van der Waals surface area (Å²) in [6.07, 6.45) is -1.72. The number of ether oxygens (including phenoxy) is 1. The lowest BCUT2D eigenvalue weighted by molar-refractivity contribution is -0.139. The number of rotatable bonds is 5. The van der Waals surface area contributed by atoms with Gasteiger partial charge in [0.2, 0.25) is 5.95 Å². The van der Waals surface area contributed by atoms with E-state index in [1.54, 1.807) is 11.8 Å². The second-order valence-corrected chi connectivity index (χ2v) is 6.28. The van der Waals surface area contributed by atoms with Crippen LogP contribution in [0.4, 0.5) is 19.1 Å². The Labute approximate surface area is 152 Å². The third-order valence-corrected chi connectivity index (χ3v) is 4.19. The Morgan fingerprint density at radius 3 is 2.89 bits per heavy atom. The number of halogens is 3. The van der Waals surface area contributed by atoms with E-state index in [-0.39, 0.29) is 24.0 Å². The van der Waals surface area contributed by atoms with Crippen molar-refractivity contribution in [2.45, 2.75) is 19.5 Å². The predicted octanol–water partition coefficient (Wildman–Crippen LogP) is 2.80. The van der Waals surface area contributed by atoms with Crippen molar-refractivity contribution in [3.63, 3.8) is 0 Å². The number of anilines is 1. The van der Waals surface area contributed by atoms with Gasteiger partial charge in [0.05, 0.1) is 12.8 Å². The molecule has 1 unspecified atom stereocenters. The third-order valence-electron chi connectivity index (χ3n) is 4.19. The summed E-state index contributed by atoms with van der Waals surface area (Å²) in [6, 6.07) is 2.26. The SMILES string of the molecule is Cc1cc(C(=O)O)nc(N2CCC(COc3cnccc3C(F)(F)F)C2)n1. The monoisotopic (exact) mass is 382 g/mol. The highest BCUT2D eigenvalue weighted by Crippen LogP contribution is 2.35. The van der Waals surface area contributed by atoms with Gasteiger partial charge in [0.15, 0.2) is 5.69 Å². The molecule has 0 radical (unpaired) electrons. The quantitative estimate of drug-likeness (QED) is 0.851. The Balaban J connectivity index is 1.66. The molecule has 144 valence electrons. The number of carboxylic acids is 1. The topological polar surface area (TPSA) is 88.4 Å². The zero-order valence-corrected chi connectivity index (χ0v) is 14.4. The summed E-state index contributed by atoms with van der Waals surface area (Å²) in [5.74, 6) is -1.18. The van der Waals surface area contributed by atoms with Crippen LogP contribution in [0.15, 0.2) is 24.5 Å². The molecule has 1 aliphatic rings. The largest absolute Gasteiger partial charge is 0.491 e. The summed E-state index contributed by atoms with van der Waals surface area (Å²) in [7, 11) is 0. The van der Waals surface area contributed by atoms with E-state index in [4.69, 9.17) is 9.84 Å². The lowest BCUT2D eigenvalue weighted by Crippen LogP contribution is -2.25. The molecule has 2 aromatic rings. The van der Waals surface area contributed by atoms with Gasteiger partial charge in [0, 0.05) is 30.9 Å². The first-order chi connectivity index (χ1) is 12.7. The summed E-state index contributed by atoms with van der Waals surface area (Å²) in [5.41, 5.74) is -0.426. The van der Waals surface area contributed by atoms with Gasteiger partial charge in [-0.05, 0) is 25.5 Å². The fourth-order valence-electron chi connectivity index (χ4n) is 2.89. The van der Waals surface area contributed by atoms with E-state index in [2.05, 4.69) is 15.0 Å². The Morgan fingerprint density at radius 1 is 1.41 bits per heavy atom. The lowest BCUT2D eigenvalue weighted by atomic mass is 10.1. The predicted molar refractivity (Wildman–Crippen MR) is 88.8 cm³/mol. The van der Waals surface area contributed by atoms with Crippen LogP contribution in [0.1, 0.15) is 28.2 Å². The van der Waals surface area contributed by atoms with Crippen LogP contribution in [-0.2, 0) is 6.18 Å². The van der Waals surface area contributed by atoms with Crippen LogP contribution in [0, 0.1) is 12.8 Å². The number of aryl methyl sites for hydroxylation is 1. The summed E-state index contributed by atoms with van der Waals surface area (Å²) >= 11 is 0. The first-order valence-electron chi connectivity index (χ1n) is 8.22. The number of nitrogens with zero attached hydrogens (tertiary/aromatic N) is 4. The van der Waals surface area contributed by atoms with Crippen molar-refractivity contribution in [1.82, 2.24) is 15.0 Å². The number of carbonyl (C=O) groups is 1. The second-order valence-electron chi connectivity index (χ2n) is 6.28. The highest BCUT2D eigenvalue weighted by Gasteiger charge is 2.35. The van der Waals surface area contributed by atoms with Gasteiger partial charge < -0.3 is 14.7 Å². The molecule has 0 saturated carbocycles. The molecule has 1 N–H and O–H groups in total. The molecule has 3 rings (SSSR count). The minimum Gasteiger partial charge on any atom is -0.491 e. The number of aromatic carboxylic acids is 1. The van der Waals surface area contributed by atoms with Gasteiger partial charge in [-0.3, -0.25) is 4.98 Å². The number of aromatic nitrogens is 3. The fraction of sp³-hybridized carbons (Fsp3) is 0.412. The normalized spacial score (nSPS) is 17.2. The smallest absolute Gasteiger partial charge is 0.420 e. The number of hydrogen-bond donors (Lipinski definition) is 1. The zero-order chi connectivity index (χ0) is 19.6. The van der Waals surface area contributed by atoms with E-state index in [9.17, 15) is 18.0 Å². The molecule has 10 heteroatoms. The van der Waals surface area contributed by atoms with Crippen LogP contribution >= 0.6 is 0 Å². The lowest BCUT2D eigenvalue weighted by Gasteiger charge is -2.18. The van der Waals surface area contributed by atoms with Crippen LogP contribution in [-0.4, -0.2) is 45.7 Å². The Bertz CT molecular complexity index is 844. The van der Waals surface area contributed by atoms with Crippen molar-refractivity contribution in [3.05, 3.63) is 41.5 Å². The Kier molecular flexibility index (Phi) is 5.15. The number of hydrogen-bond acceptors (Lipinski definition) is 6. The molecule has 0 aliphatic carbocycles. The van der Waals surface area contributed by atoms with E-state index >= 15 is 0 Å². The fourth-order valence-corrected chi connectivity index (χ4v) is 2.89. The minimum atomic E-state index is -4.51. The summed E-state index contributed by atoms with van der Waals surface area (Å²) < 4.78 is 44.4. The van der Waals surface area contributed by atoms with Crippen molar-refractivity contribution >= 4 is 11.9 Å². The van der Waals surface area contributed by atoms with Crippen LogP contribution in [0.2, 0.25) is 0 Å². The maximum atomic E-state index is 13.0. The maximum Gasteiger partial charge on any atom is 0.420 e. The van der Waals surface area contributed by atoms with Crippen LogP contribution in [0.3, 0.4) is 0 Å². The molecule has 0 bridgehead atoms. The highest BCUT2D eigenvalue weighted by atomic mass is 19.4. The average molecular weight is 382 g/mol. The maximum absolute atomic E-state index is 13.0. The second kappa shape index (κ2) is 7.37. The van der Waals surface area contributed by atoms with Gasteiger partial charge in [-0.25, -0.2) is 14.8 Å². The zero-order valence-electron chi connectivity index (χ0n) is 14.4. The number of alkyl halides is 3. The molecule has 3 heterocycles. The standard InChI is InChI=1S/C17H17F3N4O3/c1-10-6-13(15(25)26)23-16(22-10)24-5-3-11(8-24)9-27-14-7-21-4-2-12(14)17(18,19)20/h2,4,6-7,11H,3,5,8-9H2,1H3,(H,25,26). The molecule has 1 aliphatic heterocycles. The molecule has 0 amide bonds. The van der Waals surface area contributed by atoms with E-state index in [1.165, 1.54) is 6.07 Å². The average Bonchev–Trinajstić information content (AvgIpc) is 3.08. The van der Waals surface area contributed by atoms with Gasteiger partial charge >= 0.3 is 12.1 Å². The van der Waals surface area contributed by atoms with Crippen LogP contribution < -0.4 is 9.64 Å². The summed E-state index contributed by atoms with van der Waals surface area (Å²) in [5, 5.41) is 9.10. The van der Waals surface area contributed by atoms with E-state index in [1.807, 2.05) is 0 Å². The molecule has 27 heavy (non-hydrogen) atoms. The third kappa shape index (κ3) is 4.44. The molecule has 7 nitrogen and oxygen atoms in total. The summed E-state index contributed by atoms with van der Waals surface area (Å²) in [6.45, 7) is 2.79. The molecule has 0 aromatic carbocycles. The van der Waals surface area contributed by atoms with Crippen molar-refractivity contribution in [3.8, 4) is 5.75 Å². The molecule has 0 spiro atoms.